The van der Waals surface area contributed by atoms with Crippen LogP contribution < -0.4 is 0 Å². The van der Waals surface area contributed by atoms with Gasteiger partial charge in [-0.3, -0.25) is 0 Å². The molecular weight excluding hydrogens is 548 g/mol. The highest BCUT2D eigenvalue weighted by atomic mass is 16.3. The number of rotatable bonds is 1. The lowest BCUT2D eigenvalue weighted by Gasteiger charge is -2.14. The third kappa shape index (κ3) is 2.90. The monoisotopic (exact) mass is 572 g/mol. The van der Waals surface area contributed by atoms with E-state index < -0.39 is 0 Å². The van der Waals surface area contributed by atoms with Gasteiger partial charge in [-0.1, -0.05) is 103 Å². The van der Waals surface area contributed by atoms with Crippen LogP contribution in [0.25, 0.3) is 99.2 Å². The molecule has 1 aliphatic rings. The van der Waals surface area contributed by atoms with Crippen LogP contribution >= 0.6 is 0 Å². The van der Waals surface area contributed by atoms with Gasteiger partial charge < -0.3 is 13.6 Å². The van der Waals surface area contributed by atoms with E-state index >= 15 is 0 Å². The van der Waals surface area contributed by atoms with Crippen LogP contribution in [0.3, 0.4) is 0 Å². The number of aromatic nitrogens is 2. The van der Waals surface area contributed by atoms with E-state index in [0.717, 1.165) is 27.6 Å². The van der Waals surface area contributed by atoms with E-state index in [1.54, 1.807) is 0 Å². The number of benzene rings is 7. The molecule has 0 bridgehead atoms. The van der Waals surface area contributed by atoms with Crippen LogP contribution in [-0.2, 0) is 0 Å². The summed E-state index contributed by atoms with van der Waals surface area (Å²) < 4.78 is 11.5. The van der Waals surface area contributed by atoms with Crippen molar-refractivity contribution in [2.75, 3.05) is 0 Å². The first-order chi connectivity index (χ1) is 22.3. The molecule has 0 spiro atoms. The summed E-state index contributed by atoms with van der Waals surface area (Å²) in [5.74, 6) is 0. The highest BCUT2D eigenvalue weighted by molar-refractivity contribution is 6.20. The second-order valence-corrected chi connectivity index (χ2v) is 12.1. The van der Waals surface area contributed by atoms with Gasteiger partial charge >= 0.3 is 0 Å². The smallest absolute Gasteiger partial charge is 0.159 e. The van der Waals surface area contributed by atoms with E-state index in [9.17, 15) is 0 Å². The van der Waals surface area contributed by atoms with Gasteiger partial charge in [-0.2, -0.15) is 0 Å². The second-order valence-electron chi connectivity index (χ2n) is 12.1. The molecular formula is C42H24N2O. The van der Waals surface area contributed by atoms with Gasteiger partial charge in [0.15, 0.2) is 5.58 Å². The minimum absolute atomic E-state index is 0.906. The van der Waals surface area contributed by atoms with Gasteiger partial charge in [-0.15, -0.1) is 0 Å². The molecule has 3 heteroatoms. The molecule has 7 aromatic carbocycles. The highest BCUT2D eigenvalue weighted by Gasteiger charge is 2.26. The first kappa shape index (κ1) is 23.4. The molecule has 0 saturated heterocycles. The highest BCUT2D eigenvalue weighted by Crippen LogP contribution is 2.49. The predicted octanol–water partition coefficient (Wildman–Crippen LogP) is 11.4. The fraction of sp³-hybridized carbons (Fsp3) is 0. The minimum Gasteiger partial charge on any atom is -0.454 e. The number of nitrogens with zero attached hydrogens (tertiary/aromatic N) is 2. The summed E-state index contributed by atoms with van der Waals surface area (Å²) in [6, 6.07) is 52.9. The Morgan fingerprint density at radius 1 is 0.356 bits per heavy atom. The van der Waals surface area contributed by atoms with E-state index in [1.807, 2.05) is 6.07 Å². The van der Waals surface area contributed by atoms with Crippen molar-refractivity contribution in [3.05, 3.63) is 146 Å². The molecule has 3 aromatic heterocycles. The Hall–Kier alpha value is -6.06. The molecule has 0 aliphatic carbocycles. The van der Waals surface area contributed by atoms with E-state index in [2.05, 4.69) is 149 Å². The Labute approximate surface area is 257 Å². The molecule has 1 aliphatic heterocycles. The average molecular weight is 573 g/mol. The van der Waals surface area contributed by atoms with Crippen molar-refractivity contribution in [3.8, 4) is 33.6 Å². The Morgan fingerprint density at radius 2 is 0.956 bits per heavy atom. The predicted molar refractivity (Wildman–Crippen MR) is 187 cm³/mol. The normalized spacial score (nSPS) is 12.4. The lowest BCUT2D eigenvalue weighted by Crippen LogP contribution is -1.96. The topological polar surface area (TPSA) is 23.0 Å². The third-order valence-corrected chi connectivity index (χ3v) is 9.86. The number of para-hydroxylation sites is 6. The van der Waals surface area contributed by atoms with Crippen LogP contribution in [0.15, 0.2) is 150 Å². The van der Waals surface area contributed by atoms with Crippen LogP contribution in [0.2, 0.25) is 0 Å². The maximum absolute atomic E-state index is 6.58. The fourth-order valence-electron chi connectivity index (χ4n) is 8.01. The minimum atomic E-state index is 0.906. The zero-order chi connectivity index (χ0) is 29.2. The van der Waals surface area contributed by atoms with Crippen molar-refractivity contribution in [1.82, 2.24) is 9.13 Å². The molecule has 0 radical (unpaired) electrons. The third-order valence-electron chi connectivity index (χ3n) is 9.86. The van der Waals surface area contributed by atoms with Gasteiger partial charge in [0.1, 0.15) is 5.58 Å². The SMILES string of the molecule is c1ccc2c(c1)-c1cc3c(cc1-c1cccc4c5ccccc5n-2c14)c1ccccc1n3-c1cccc2c1oc1ccccc12. The molecule has 0 unspecified atom stereocenters. The van der Waals surface area contributed by atoms with E-state index in [1.165, 1.54) is 71.6 Å². The summed E-state index contributed by atoms with van der Waals surface area (Å²) in [6.45, 7) is 0. The van der Waals surface area contributed by atoms with Crippen LogP contribution in [-0.4, -0.2) is 9.13 Å². The van der Waals surface area contributed by atoms with Crippen LogP contribution in [0.5, 0.6) is 0 Å². The Morgan fingerprint density at radius 3 is 1.84 bits per heavy atom. The van der Waals surface area contributed by atoms with Crippen molar-refractivity contribution in [3.63, 3.8) is 0 Å². The van der Waals surface area contributed by atoms with Crippen molar-refractivity contribution in [1.29, 1.82) is 0 Å². The van der Waals surface area contributed by atoms with Crippen LogP contribution in [0, 0.1) is 0 Å². The fourth-order valence-corrected chi connectivity index (χ4v) is 8.01. The van der Waals surface area contributed by atoms with E-state index in [-0.39, 0.29) is 0 Å². The largest absolute Gasteiger partial charge is 0.454 e. The molecule has 4 heterocycles. The van der Waals surface area contributed by atoms with Crippen molar-refractivity contribution in [2.45, 2.75) is 0 Å². The Kier molecular flexibility index (Phi) is 4.32. The number of hydrogen-bond acceptors (Lipinski definition) is 1. The molecule has 10 aromatic rings. The molecule has 0 fully saturated rings. The number of hydrogen-bond donors (Lipinski definition) is 0. The molecule has 0 amide bonds. The summed E-state index contributed by atoms with van der Waals surface area (Å²) >= 11 is 0. The quantitative estimate of drug-likeness (QED) is 0.192. The van der Waals surface area contributed by atoms with Crippen molar-refractivity contribution in [2.24, 2.45) is 0 Å². The first-order valence-corrected chi connectivity index (χ1v) is 15.5. The summed E-state index contributed by atoms with van der Waals surface area (Å²) in [5.41, 5.74) is 13.9. The van der Waals surface area contributed by atoms with Gasteiger partial charge in [0.05, 0.1) is 33.4 Å². The van der Waals surface area contributed by atoms with Crippen LogP contribution in [0.1, 0.15) is 0 Å². The van der Waals surface area contributed by atoms with Gasteiger partial charge in [0.25, 0.3) is 0 Å². The summed E-state index contributed by atoms with van der Waals surface area (Å²) in [6.07, 6.45) is 0. The summed E-state index contributed by atoms with van der Waals surface area (Å²) in [4.78, 5) is 0. The van der Waals surface area contributed by atoms with E-state index in [0.29, 0.717) is 0 Å². The summed E-state index contributed by atoms with van der Waals surface area (Å²) in [5, 5.41) is 7.30. The lowest BCUT2D eigenvalue weighted by molar-refractivity contribution is 0.666. The molecule has 0 saturated carbocycles. The first-order valence-electron chi connectivity index (χ1n) is 15.5. The maximum Gasteiger partial charge on any atom is 0.159 e. The molecule has 45 heavy (non-hydrogen) atoms. The van der Waals surface area contributed by atoms with E-state index in [4.69, 9.17) is 4.42 Å². The maximum atomic E-state index is 6.58. The zero-order valence-corrected chi connectivity index (χ0v) is 24.2. The standard InChI is InChI=1S/C42H24N2O/c1-6-19-36-25(11-1)29-15-9-16-30-32-23-34-27-13-3-5-18-35(27)43(38-21-10-17-31-28-14-4-8-22-40(28)45-42(31)38)39(34)24-33(32)26-12-2-7-20-37(26)44(36)41(29)30/h1-24H. The van der Waals surface area contributed by atoms with Gasteiger partial charge in [0, 0.05) is 43.4 Å². The average Bonchev–Trinajstić information content (AvgIpc) is 3.73. The number of furan rings is 1. The van der Waals surface area contributed by atoms with Crippen molar-refractivity contribution < 1.29 is 4.42 Å². The summed E-state index contributed by atoms with van der Waals surface area (Å²) in [7, 11) is 0. The molecule has 3 nitrogen and oxygen atoms in total. The molecule has 0 N–H and O–H groups in total. The van der Waals surface area contributed by atoms with Gasteiger partial charge in [-0.25, -0.2) is 0 Å². The van der Waals surface area contributed by atoms with Crippen molar-refractivity contribution >= 4 is 65.6 Å². The van der Waals surface area contributed by atoms with Gasteiger partial charge in [0.2, 0.25) is 0 Å². The molecule has 0 atom stereocenters. The lowest BCUT2D eigenvalue weighted by atomic mass is 9.92. The van der Waals surface area contributed by atoms with Gasteiger partial charge in [-0.05, 0) is 53.6 Å². The number of fused-ring (bicyclic) bond motifs is 14. The molecule has 11 rings (SSSR count). The molecule has 208 valence electrons. The zero-order valence-electron chi connectivity index (χ0n) is 24.2. The second kappa shape index (κ2) is 8.31. The Bertz CT molecular complexity index is 2880. The van der Waals surface area contributed by atoms with Crippen LogP contribution in [0.4, 0.5) is 0 Å². The Balaban J connectivity index is 1.33.